The zero-order valence-corrected chi connectivity index (χ0v) is 24.0. The SMILES string of the molecule is CCCCCCCCCCCCC(O)(CO)C(=O)OC(=O)C(O)(CO)CCCCCCCCCCCC. The third kappa shape index (κ3) is 17.2. The molecule has 0 aromatic rings. The summed E-state index contributed by atoms with van der Waals surface area (Å²) in [6.07, 6.45) is 21.6. The highest BCUT2D eigenvalue weighted by molar-refractivity contribution is 5.94. The van der Waals surface area contributed by atoms with E-state index in [1.54, 1.807) is 0 Å². The summed E-state index contributed by atoms with van der Waals surface area (Å²) < 4.78 is 4.75. The van der Waals surface area contributed by atoms with Gasteiger partial charge in [-0.3, -0.25) is 0 Å². The molecule has 0 bridgehead atoms. The van der Waals surface area contributed by atoms with E-state index in [9.17, 15) is 30.0 Å². The lowest BCUT2D eigenvalue weighted by Crippen LogP contribution is -2.50. The number of esters is 2. The highest BCUT2D eigenvalue weighted by Crippen LogP contribution is 2.22. The summed E-state index contributed by atoms with van der Waals surface area (Å²) in [5.41, 5.74) is -4.38. The molecular formula is C30H58O7. The zero-order chi connectivity index (χ0) is 27.8. The molecular weight excluding hydrogens is 472 g/mol. The summed E-state index contributed by atoms with van der Waals surface area (Å²) in [7, 11) is 0. The smallest absolute Gasteiger partial charge is 0.348 e. The molecule has 0 spiro atoms. The van der Waals surface area contributed by atoms with Crippen LogP contribution in [0.3, 0.4) is 0 Å². The Hall–Kier alpha value is -1.02. The molecule has 2 unspecified atom stereocenters. The zero-order valence-electron chi connectivity index (χ0n) is 24.0. The Morgan fingerprint density at radius 2 is 0.730 bits per heavy atom. The van der Waals surface area contributed by atoms with Gasteiger partial charge >= 0.3 is 11.9 Å². The van der Waals surface area contributed by atoms with Gasteiger partial charge in [-0.05, 0) is 25.7 Å². The molecule has 4 N–H and O–H groups in total. The van der Waals surface area contributed by atoms with Gasteiger partial charge in [0.1, 0.15) is 0 Å². The summed E-state index contributed by atoms with van der Waals surface area (Å²) in [4.78, 5) is 24.9. The molecule has 0 saturated carbocycles. The van der Waals surface area contributed by atoms with Crippen molar-refractivity contribution in [2.24, 2.45) is 0 Å². The van der Waals surface area contributed by atoms with Gasteiger partial charge in [-0.2, -0.15) is 0 Å². The second-order valence-electron chi connectivity index (χ2n) is 10.9. The van der Waals surface area contributed by atoms with Gasteiger partial charge in [-0.25, -0.2) is 9.59 Å². The first-order valence-electron chi connectivity index (χ1n) is 15.2. The van der Waals surface area contributed by atoms with E-state index in [0.29, 0.717) is 12.8 Å². The first-order chi connectivity index (χ1) is 17.8. The summed E-state index contributed by atoms with van der Waals surface area (Å²) in [6.45, 7) is 2.66. The summed E-state index contributed by atoms with van der Waals surface area (Å²) in [5, 5.41) is 40.3. The van der Waals surface area contributed by atoms with Gasteiger partial charge in [0, 0.05) is 0 Å². The van der Waals surface area contributed by atoms with Crippen LogP contribution in [0.25, 0.3) is 0 Å². The molecule has 0 saturated heterocycles. The fourth-order valence-corrected chi connectivity index (χ4v) is 4.58. The molecule has 0 radical (unpaired) electrons. The van der Waals surface area contributed by atoms with Gasteiger partial charge in [0.05, 0.1) is 13.2 Å². The van der Waals surface area contributed by atoms with Crippen LogP contribution in [0.1, 0.15) is 155 Å². The average molecular weight is 531 g/mol. The van der Waals surface area contributed by atoms with Crippen molar-refractivity contribution in [2.75, 3.05) is 13.2 Å². The van der Waals surface area contributed by atoms with E-state index in [-0.39, 0.29) is 12.8 Å². The van der Waals surface area contributed by atoms with Gasteiger partial charge in [-0.1, -0.05) is 129 Å². The van der Waals surface area contributed by atoms with Crippen LogP contribution in [-0.4, -0.2) is 56.8 Å². The predicted octanol–water partition coefficient (Wildman–Crippen LogP) is 6.13. The Kier molecular flexibility index (Phi) is 22.3. The number of carbonyl (C=O) groups is 2. The molecule has 0 heterocycles. The van der Waals surface area contributed by atoms with Crippen molar-refractivity contribution in [3.05, 3.63) is 0 Å². The predicted molar refractivity (Wildman–Crippen MR) is 148 cm³/mol. The Morgan fingerprint density at radius 1 is 0.486 bits per heavy atom. The number of carbonyl (C=O) groups excluding carboxylic acids is 2. The largest absolute Gasteiger partial charge is 0.393 e. The minimum absolute atomic E-state index is 0.0257. The van der Waals surface area contributed by atoms with Crippen molar-refractivity contribution >= 4 is 11.9 Å². The van der Waals surface area contributed by atoms with Crippen LogP contribution in [0.15, 0.2) is 0 Å². The Labute approximate surface area is 226 Å². The quantitative estimate of drug-likeness (QED) is 0.0603. The standard InChI is InChI=1S/C30H58O7/c1-3-5-7-9-11-13-15-17-19-21-23-29(35,25-31)27(33)37-28(34)30(36,26-32)24-22-20-18-16-14-12-10-8-6-4-2/h31-32,35-36H,3-26H2,1-2H3. The van der Waals surface area contributed by atoms with E-state index < -0.39 is 36.4 Å². The molecule has 0 fully saturated rings. The van der Waals surface area contributed by atoms with Crippen LogP contribution in [0, 0.1) is 0 Å². The molecule has 0 aromatic carbocycles. The van der Waals surface area contributed by atoms with E-state index in [1.165, 1.54) is 77.0 Å². The molecule has 220 valence electrons. The lowest BCUT2D eigenvalue weighted by Gasteiger charge is -2.27. The Balaban J connectivity index is 4.26. The van der Waals surface area contributed by atoms with Gasteiger partial charge in [0.25, 0.3) is 0 Å². The summed E-state index contributed by atoms with van der Waals surface area (Å²) >= 11 is 0. The van der Waals surface area contributed by atoms with Gasteiger partial charge in [0.2, 0.25) is 0 Å². The Bertz CT molecular complexity index is 520. The molecule has 0 aliphatic carbocycles. The van der Waals surface area contributed by atoms with Crippen molar-refractivity contribution in [1.82, 2.24) is 0 Å². The monoisotopic (exact) mass is 530 g/mol. The number of ether oxygens (including phenoxy) is 1. The van der Waals surface area contributed by atoms with Crippen LogP contribution in [0.5, 0.6) is 0 Å². The third-order valence-electron chi connectivity index (χ3n) is 7.36. The fraction of sp³-hybridized carbons (Fsp3) is 0.933. The van der Waals surface area contributed by atoms with E-state index >= 15 is 0 Å². The van der Waals surface area contributed by atoms with Gasteiger partial charge < -0.3 is 25.2 Å². The number of hydrogen-bond acceptors (Lipinski definition) is 7. The number of hydrogen-bond donors (Lipinski definition) is 4. The molecule has 7 heteroatoms. The lowest BCUT2D eigenvalue weighted by molar-refractivity contribution is -0.190. The van der Waals surface area contributed by atoms with Crippen molar-refractivity contribution < 1.29 is 34.8 Å². The maximum absolute atomic E-state index is 12.5. The van der Waals surface area contributed by atoms with E-state index in [0.717, 1.165) is 38.5 Å². The molecule has 0 amide bonds. The van der Waals surface area contributed by atoms with E-state index in [1.807, 2.05) is 0 Å². The van der Waals surface area contributed by atoms with Crippen molar-refractivity contribution in [2.45, 2.75) is 166 Å². The van der Waals surface area contributed by atoms with Crippen LogP contribution < -0.4 is 0 Å². The molecule has 2 atom stereocenters. The van der Waals surface area contributed by atoms with E-state index in [4.69, 9.17) is 4.74 Å². The van der Waals surface area contributed by atoms with Crippen LogP contribution in [0.2, 0.25) is 0 Å². The molecule has 0 aliphatic rings. The van der Waals surface area contributed by atoms with Crippen molar-refractivity contribution in [1.29, 1.82) is 0 Å². The van der Waals surface area contributed by atoms with Crippen LogP contribution in [0.4, 0.5) is 0 Å². The maximum Gasteiger partial charge on any atom is 0.348 e. The number of aliphatic hydroxyl groups excluding tert-OH is 2. The maximum atomic E-state index is 12.5. The molecule has 0 aliphatic heterocycles. The lowest BCUT2D eigenvalue weighted by atomic mass is 9.95. The number of rotatable bonds is 26. The number of aliphatic hydroxyl groups is 4. The van der Waals surface area contributed by atoms with Gasteiger partial charge in [-0.15, -0.1) is 0 Å². The highest BCUT2D eigenvalue weighted by atomic mass is 16.6. The van der Waals surface area contributed by atoms with Crippen molar-refractivity contribution in [3.8, 4) is 0 Å². The highest BCUT2D eigenvalue weighted by Gasteiger charge is 2.43. The Morgan fingerprint density at radius 3 is 0.973 bits per heavy atom. The van der Waals surface area contributed by atoms with Crippen LogP contribution >= 0.6 is 0 Å². The normalized spacial score (nSPS) is 14.8. The summed E-state index contributed by atoms with van der Waals surface area (Å²) in [6, 6.07) is 0. The topological polar surface area (TPSA) is 124 Å². The molecule has 0 rings (SSSR count). The number of unbranched alkanes of at least 4 members (excludes halogenated alkanes) is 18. The first-order valence-corrected chi connectivity index (χ1v) is 15.2. The van der Waals surface area contributed by atoms with Gasteiger partial charge in [0.15, 0.2) is 11.2 Å². The van der Waals surface area contributed by atoms with Crippen LogP contribution in [-0.2, 0) is 14.3 Å². The molecule has 7 nitrogen and oxygen atoms in total. The fourth-order valence-electron chi connectivity index (χ4n) is 4.58. The second-order valence-corrected chi connectivity index (χ2v) is 10.9. The minimum Gasteiger partial charge on any atom is -0.393 e. The summed E-state index contributed by atoms with van der Waals surface area (Å²) in [5.74, 6) is -2.54. The first kappa shape index (κ1) is 36.0. The molecule has 0 aromatic heterocycles. The van der Waals surface area contributed by atoms with Crippen molar-refractivity contribution in [3.63, 3.8) is 0 Å². The minimum atomic E-state index is -2.19. The third-order valence-corrected chi connectivity index (χ3v) is 7.36. The second kappa shape index (κ2) is 22.9. The average Bonchev–Trinajstić information content (AvgIpc) is 2.90. The molecule has 37 heavy (non-hydrogen) atoms. The van der Waals surface area contributed by atoms with E-state index in [2.05, 4.69) is 13.8 Å².